The van der Waals surface area contributed by atoms with Gasteiger partial charge in [0.1, 0.15) is 0 Å². The number of aryl methyl sites for hydroxylation is 1. The second kappa shape index (κ2) is 8.52. The molecule has 2 rings (SSSR count). The first kappa shape index (κ1) is 15.6. The van der Waals surface area contributed by atoms with Crippen LogP contribution in [0.25, 0.3) is 11.3 Å². The first-order valence-electron chi connectivity index (χ1n) is 7.41. The first-order chi connectivity index (χ1) is 10.3. The van der Waals surface area contributed by atoms with Crippen molar-refractivity contribution in [3.63, 3.8) is 0 Å². The topological polar surface area (TPSA) is 54.9 Å². The summed E-state index contributed by atoms with van der Waals surface area (Å²) in [7, 11) is 0. The van der Waals surface area contributed by atoms with Gasteiger partial charge in [0, 0.05) is 42.7 Å². The molecule has 0 aliphatic carbocycles. The van der Waals surface area contributed by atoms with E-state index in [9.17, 15) is 4.79 Å². The van der Waals surface area contributed by atoms with E-state index in [1.165, 1.54) is 12.8 Å². The van der Waals surface area contributed by atoms with Crippen molar-refractivity contribution < 1.29 is 4.79 Å². The lowest BCUT2D eigenvalue weighted by Crippen LogP contribution is -2.24. The van der Waals surface area contributed by atoms with Crippen LogP contribution in [0.5, 0.6) is 0 Å². The van der Waals surface area contributed by atoms with Crippen LogP contribution in [0.1, 0.15) is 37.6 Å². The van der Waals surface area contributed by atoms with Crippen LogP contribution in [-0.2, 0) is 11.2 Å². The van der Waals surface area contributed by atoms with Crippen LogP contribution in [0, 0.1) is 0 Å². The minimum Gasteiger partial charge on any atom is -0.356 e. The predicted molar refractivity (Wildman–Crippen MR) is 86.2 cm³/mol. The van der Waals surface area contributed by atoms with Crippen molar-refractivity contribution in [3.8, 4) is 11.3 Å². The molecule has 112 valence electrons. The number of thiazole rings is 1. The van der Waals surface area contributed by atoms with E-state index in [1.54, 1.807) is 23.7 Å². The molecule has 0 aliphatic heterocycles. The summed E-state index contributed by atoms with van der Waals surface area (Å²) >= 11 is 1.61. The Bertz CT molecular complexity index is 554. The highest BCUT2D eigenvalue weighted by Crippen LogP contribution is 2.21. The van der Waals surface area contributed by atoms with Gasteiger partial charge in [-0.3, -0.25) is 9.78 Å². The minimum atomic E-state index is 0.117. The third kappa shape index (κ3) is 5.27. The van der Waals surface area contributed by atoms with E-state index < -0.39 is 0 Å². The van der Waals surface area contributed by atoms with Crippen LogP contribution in [-0.4, -0.2) is 22.4 Å². The largest absolute Gasteiger partial charge is 0.356 e. The number of carbonyl (C=O) groups excluding carboxylic acids is 1. The van der Waals surface area contributed by atoms with Gasteiger partial charge in [-0.2, -0.15) is 0 Å². The van der Waals surface area contributed by atoms with Crippen molar-refractivity contribution in [2.75, 3.05) is 6.54 Å². The molecule has 21 heavy (non-hydrogen) atoms. The highest BCUT2D eigenvalue weighted by atomic mass is 32.1. The van der Waals surface area contributed by atoms with E-state index in [-0.39, 0.29) is 5.91 Å². The average Bonchev–Trinajstić information content (AvgIpc) is 2.99. The minimum absolute atomic E-state index is 0.117. The lowest BCUT2D eigenvalue weighted by atomic mass is 10.2. The molecule has 0 aromatic carbocycles. The number of carbonyl (C=O) groups is 1. The maximum atomic E-state index is 11.7. The van der Waals surface area contributed by atoms with Gasteiger partial charge >= 0.3 is 0 Å². The Morgan fingerprint density at radius 3 is 2.86 bits per heavy atom. The second-order valence-corrected chi connectivity index (χ2v) is 5.86. The van der Waals surface area contributed by atoms with Crippen LogP contribution >= 0.6 is 11.3 Å². The van der Waals surface area contributed by atoms with Gasteiger partial charge in [0.15, 0.2) is 0 Å². The van der Waals surface area contributed by atoms with Crippen molar-refractivity contribution in [1.82, 2.24) is 15.3 Å². The second-order valence-electron chi connectivity index (χ2n) is 4.92. The van der Waals surface area contributed by atoms with Gasteiger partial charge in [-0.15, -0.1) is 11.3 Å². The molecule has 0 saturated carbocycles. The quantitative estimate of drug-likeness (QED) is 0.760. The zero-order valence-corrected chi connectivity index (χ0v) is 13.2. The Kier molecular flexibility index (Phi) is 6.34. The van der Waals surface area contributed by atoms with E-state index in [1.807, 2.05) is 17.5 Å². The number of nitrogens with zero attached hydrogens (tertiary/aromatic N) is 2. The Labute approximate surface area is 129 Å². The number of pyridine rings is 1. The lowest BCUT2D eigenvalue weighted by molar-refractivity contribution is -0.121. The molecule has 0 aliphatic rings. The maximum absolute atomic E-state index is 11.7. The zero-order chi connectivity index (χ0) is 14.9. The monoisotopic (exact) mass is 303 g/mol. The van der Waals surface area contributed by atoms with Crippen molar-refractivity contribution in [3.05, 3.63) is 34.9 Å². The lowest BCUT2D eigenvalue weighted by Gasteiger charge is -2.03. The third-order valence-electron chi connectivity index (χ3n) is 3.20. The Morgan fingerprint density at radius 1 is 1.29 bits per heavy atom. The third-order valence-corrected chi connectivity index (χ3v) is 4.10. The first-order valence-corrected chi connectivity index (χ1v) is 8.29. The summed E-state index contributed by atoms with van der Waals surface area (Å²) in [6.07, 6.45) is 8.14. The molecule has 5 heteroatoms. The number of aromatic nitrogens is 2. The number of hydrogen-bond donors (Lipinski definition) is 1. The normalized spacial score (nSPS) is 10.5. The molecule has 0 unspecified atom stereocenters. The summed E-state index contributed by atoms with van der Waals surface area (Å²) in [5.41, 5.74) is 2.03. The van der Waals surface area contributed by atoms with E-state index in [4.69, 9.17) is 0 Å². The highest BCUT2D eigenvalue weighted by Gasteiger charge is 2.07. The van der Waals surface area contributed by atoms with Gasteiger partial charge in [0.2, 0.25) is 5.91 Å². The molecule has 0 spiro atoms. The molecule has 2 heterocycles. The standard InChI is InChI=1S/C16H21N3OS/c1-2-3-4-9-18-15(20)5-6-16-19-14(12-21-16)13-7-10-17-11-8-13/h7-8,10-12H,2-6,9H2,1H3,(H,18,20). The highest BCUT2D eigenvalue weighted by molar-refractivity contribution is 7.09. The Hall–Kier alpha value is -1.75. The SMILES string of the molecule is CCCCCNC(=O)CCc1nc(-c2ccncc2)cs1. The van der Waals surface area contributed by atoms with Crippen molar-refractivity contribution in [2.45, 2.75) is 39.0 Å². The molecule has 0 fully saturated rings. The smallest absolute Gasteiger partial charge is 0.220 e. The van der Waals surface area contributed by atoms with E-state index in [0.29, 0.717) is 12.8 Å². The van der Waals surface area contributed by atoms with Crippen LogP contribution in [0.4, 0.5) is 0 Å². The van der Waals surface area contributed by atoms with Crippen LogP contribution in [0.2, 0.25) is 0 Å². The molecule has 0 bridgehead atoms. The van der Waals surface area contributed by atoms with E-state index >= 15 is 0 Å². The van der Waals surface area contributed by atoms with Gasteiger partial charge in [0.05, 0.1) is 10.7 Å². The summed E-state index contributed by atoms with van der Waals surface area (Å²) in [6.45, 7) is 2.94. The number of unbranched alkanes of at least 4 members (excludes halogenated alkanes) is 2. The Balaban J connectivity index is 1.77. The van der Waals surface area contributed by atoms with Crippen molar-refractivity contribution in [2.24, 2.45) is 0 Å². The van der Waals surface area contributed by atoms with Gasteiger partial charge in [-0.05, 0) is 18.6 Å². The zero-order valence-electron chi connectivity index (χ0n) is 12.3. The van der Waals surface area contributed by atoms with Gasteiger partial charge in [-0.25, -0.2) is 4.98 Å². The summed E-state index contributed by atoms with van der Waals surface area (Å²) in [4.78, 5) is 20.3. The number of amides is 1. The predicted octanol–water partition coefficient (Wildman–Crippen LogP) is 3.44. The van der Waals surface area contributed by atoms with Gasteiger partial charge in [0.25, 0.3) is 0 Å². The molecular formula is C16H21N3OS. The summed E-state index contributed by atoms with van der Waals surface area (Å²) < 4.78 is 0. The molecule has 2 aromatic rings. The summed E-state index contributed by atoms with van der Waals surface area (Å²) in [5, 5.41) is 5.99. The van der Waals surface area contributed by atoms with E-state index in [0.717, 1.165) is 29.2 Å². The van der Waals surface area contributed by atoms with Crippen LogP contribution in [0.15, 0.2) is 29.9 Å². The fraction of sp³-hybridized carbons (Fsp3) is 0.438. The number of rotatable bonds is 8. The molecule has 4 nitrogen and oxygen atoms in total. The molecular weight excluding hydrogens is 282 g/mol. The number of nitrogens with one attached hydrogen (secondary N) is 1. The fourth-order valence-electron chi connectivity index (χ4n) is 1.99. The van der Waals surface area contributed by atoms with Crippen molar-refractivity contribution >= 4 is 17.2 Å². The summed E-state index contributed by atoms with van der Waals surface area (Å²) in [6, 6.07) is 3.89. The Morgan fingerprint density at radius 2 is 2.10 bits per heavy atom. The summed E-state index contributed by atoms with van der Waals surface area (Å²) in [5.74, 6) is 0.117. The molecule has 0 atom stereocenters. The molecule has 2 aromatic heterocycles. The molecule has 1 N–H and O–H groups in total. The molecule has 1 amide bonds. The molecule has 0 radical (unpaired) electrons. The average molecular weight is 303 g/mol. The van der Waals surface area contributed by atoms with Crippen LogP contribution < -0.4 is 5.32 Å². The van der Waals surface area contributed by atoms with Crippen LogP contribution in [0.3, 0.4) is 0 Å². The number of hydrogen-bond acceptors (Lipinski definition) is 4. The van der Waals surface area contributed by atoms with Gasteiger partial charge < -0.3 is 5.32 Å². The van der Waals surface area contributed by atoms with Gasteiger partial charge in [-0.1, -0.05) is 19.8 Å². The molecule has 0 saturated heterocycles. The van der Waals surface area contributed by atoms with Crippen molar-refractivity contribution in [1.29, 1.82) is 0 Å². The maximum Gasteiger partial charge on any atom is 0.220 e. The van der Waals surface area contributed by atoms with E-state index in [2.05, 4.69) is 22.2 Å². The fourth-order valence-corrected chi connectivity index (χ4v) is 2.80.